The zero-order valence-electron chi connectivity index (χ0n) is 17.6. The second-order valence-electron chi connectivity index (χ2n) is 8.28. The molecule has 29 heavy (non-hydrogen) atoms. The Morgan fingerprint density at radius 1 is 1.00 bits per heavy atom. The van der Waals surface area contributed by atoms with E-state index < -0.39 is 0 Å². The lowest BCUT2D eigenvalue weighted by atomic mass is 9.89. The Morgan fingerprint density at radius 3 is 2.28 bits per heavy atom. The molecule has 1 aliphatic heterocycles. The molecule has 1 aliphatic rings. The van der Waals surface area contributed by atoms with Crippen LogP contribution in [0.2, 0.25) is 0 Å². The summed E-state index contributed by atoms with van der Waals surface area (Å²) in [5.41, 5.74) is 3.38. The SMILES string of the molecule is CC(C)c1ccc(CCNC(=O)CN2CCC(C(=O)c3ccccc3)CC2)cc1. The highest BCUT2D eigenvalue weighted by molar-refractivity contribution is 5.97. The normalized spacial score (nSPS) is 15.4. The lowest BCUT2D eigenvalue weighted by molar-refractivity contribution is -0.122. The fraction of sp³-hybridized carbons (Fsp3) is 0.440. The lowest BCUT2D eigenvalue weighted by Crippen LogP contribution is -2.43. The quantitative estimate of drug-likeness (QED) is 0.689. The third-order valence-corrected chi connectivity index (χ3v) is 5.77. The molecule has 1 N–H and O–H groups in total. The van der Waals surface area contributed by atoms with E-state index in [4.69, 9.17) is 0 Å². The molecule has 1 heterocycles. The van der Waals surface area contributed by atoms with Gasteiger partial charge in [0.05, 0.1) is 6.54 Å². The number of likely N-dealkylation sites (tertiary alicyclic amines) is 1. The smallest absolute Gasteiger partial charge is 0.234 e. The van der Waals surface area contributed by atoms with Crippen LogP contribution in [0.1, 0.15) is 54.1 Å². The van der Waals surface area contributed by atoms with Crippen molar-refractivity contribution in [1.29, 1.82) is 0 Å². The fourth-order valence-corrected chi connectivity index (χ4v) is 3.87. The Kier molecular flexibility index (Phi) is 7.59. The van der Waals surface area contributed by atoms with E-state index in [0.717, 1.165) is 37.9 Å². The van der Waals surface area contributed by atoms with E-state index in [1.807, 2.05) is 30.3 Å². The highest BCUT2D eigenvalue weighted by Gasteiger charge is 2.26. The molecule has 0 atom stereocenters. The standard InChI is InChI=1S/C25H32N2O2/c1-19(2)21-10-8-20(9-11-21)12-15-26-24(28)18-27-16-13-23(14-17-27)25(29)22-6-4-3-5-7-22/h3-11,19,23H,12-18H2,1-2H3,(H,26,28). The number of hydrogen-bond acceptors (Lipinski definition) is 3. The molecule has 0 bridgehead atoms. The van der Waals surface area contributed by atoms with Gasteiger partial charge in [0.1, 0.15) is 0 Å². The molecule has 3 rings (SSSR count). The van der Waals surface area contributed by atoms with E-state index in [1.165, 1.54) is 11.1 Å². The van der Waals surface area contributed by atoms with Crippen molar-refractivity contribution in [1.82, 2.24) is 10.2 Å². The first-order valence-corrected chi connectivity index (χ1v) is 10.7. The molecule has 0 spiro atoms. The predicted molar refractivity (Wildman–Crippen MR) is 117 cm³/mol. The van der Waals surface area contributed by atoms with E-state index in [2.05, 4.69) is 48.3 Å². The van der Waals surface area contributed by atoms with Crippen LogP contribution in [0, 0.1) is 5.92 Å². The third kappa shape index (κ3) is 6.26. The first-order chi connectivity index (χ1) is 14.0. The number of hydrogen-bond donors (Lipinski definition) is 1. The highest BCUT2D eigenvalue weighted by Crippen LogP contribution is 2.21. The molecule has 0 aromatic heterocycles. The largest absolute Gasteiger partial charge is 0.355 e. The molecular weight excluding hydrogens is 360 g/mol. The van der Waals surface area contributed by atoms with E-state index in [-0.39, 0.29) is 17.6 Å². The summed E-state index contributed by atoms with van der Waals surface area (Å²) in [5.74, 6) is 0.913. The Morgan fingerprint density at radius 2 is 1.66 bits per heavy atom. The number of nitrogens with zero attached hydrogens (tertiary/aromatic N) is 1. The summed E-state index contributed by atoms with van der Waals surface area (Å²) in [6.07, 6.45) is 2.49. The summed E-state index contributed by atoms with van der Waals surface area (Å²) >= 11 is 0. The molecule has 1 saturated heterocycles. The molecule has 4 nitrogen and oxygen atoms in total. The van der Waals surface area contributed by atoms with E-state index >= 15 is 0 Å². The van der Waals surface area contributed by atoms with Crippen molar-refractivity contribution < 1.29 is 9.59 Å². The lowest BCUT2D eigenvalue weighted by Gasteiger charge is -2.30. The van der Waals surface area contributed by atoms with Crippen LogP contribution in [0.4, 0.5) is 0 Å². The van der Waals surface area contributed by atoms with Crippen LogP contribution in [0.3, 0.4) is 0 Å². The maximum atomic E-state index is 12.6. The highest BCUT2D eigenvalue weighted by atomic mass is 16.2. The van der Waals surface area contributed by atoms with Crippen molar-refractivity contribution in [3.05, 3.63) is 71.3 Å². The maximum absolute atomic E-state index is 12.6. The van der Waals surface area contributed by atoms with Crippen LogP contribution in [-0.4, -0.2) is 42.8 Å². The monoisotopic (exact) mass is 392 g/mol. The number of rotatable bonds is 8. The number of ketones is 1. The number of amides is 1. The van der Waals surface area contributed by atoms with Crippen LogP contribution in [0.5, 0.6) is 0 Å². The van der Waals surface area contributed by atoms with Gasteiger partial charge in [-0.1, -0.05) is 68.4 Å². The van der Waals surface area contributed by atoms with Crippen LogP contribution < -0.4 is 5.32 Å². The number of piperidine rings is 1. The number of carbonyl (C=O) groups is 2. The predicted octanol–water partition coefficient (Wildman–Crippen LogP) is 4.06. The molecule has 4 heteroatoms. The Bertz CT molecular complexity index is 791. The van der Waals surface area contributed by atoms with Gasteiger partial charge in [0, 0.05) is 18.0 Å². The van der Waals surface area contributed by atoms with Gasteiger partial charge in [-0.3, -0.25) is 14.5 Å². The number of nitrogens with one attached hydrogen (secondary N) is 1. The van der Waals surface area contributed by atoms with Gasteiger partial charge in [-0.05, 0) is 49.4 Å². The second-order valence-corrected chi connectivity index (χ2v) is 8.28. The summed E-state index contributed by atoms with van der Waals surface area (Å²) in [4.78, 5) is 27.0. The van der Waals surface area contributed by atoms with Crippen molar-refractivity contribution in [2.24, 2.45) is 5.92 Å². The molecule has 0 unspecified atom stereocenters. The Hall–Kier alpha value is -2.46. The Balaban J connectivity index is 1.36. The van der Waals surface area contributed by atoms with Crippen molar-refractivity contribution in [3.8, 4) is 0 Å². The zero-order chi connectivity index (χ0) is 20.6. The molecule has 2 aromatic carbocycles. The summed E-state index contributed by atoms with van der Waals surface area (Å²) in [5, 5.41) is 3.03. The first-order valence-electron chi connectivity index (χ1n) is 10.7. The molecule has 1 amide bonds. The van der Waals surface area contributed by atoms with Crippen molar-refractivity contribution in [2.45, 2.75) is 39.0 Å². The molecular formula is C25H32N2O2. The maximum Gasteiger partial charge on any atom is 0.234 e. The number of benzene rings is 2. The number of carbonyl (C=O) groups excluding carboxylic acids is 2. The molecule has 1 fully saturated rings. The summed E-state index contributed by atoms with van der Waals surface area (Å²) < 4.78 is 0. The van der Waals surface area contributed by atoms with Gasteiger partial charge < -0.3 is 5.32 Å². The van der Waals surface area contributed by atoms with Gasteiger partial charge in [0.25, 0.3) is 0 Å². The average molecular weight is 393 g/mol. The van der Waals surface area contributed by atoms with Crippen LogP contribution >= 0.6 is 0 Å². The van der Waals surface area contributed by atoms with Gasteiger partial charge in [0.15, 0.2) is 5.78 Å². The van der Waals surface area contributed by atoms with E-state index in [9.17, 15) is 9.59 Å². The van der Waals surface area contributed by atoms with Crippen LogP contribution in [0.15, 0.2) is 54.6 Å². The van der Waals surface area contributed by atoms with Gasteiger partial charge in [-0.25, -0.2) is 0 Å². The van der Waals surface area contributed by atoms with Gasteiger partial charge in [-0.2, -0.15) is 0 Å². The minimum absolute atomic E-state index is 0.0663. The fourth-order valence-electron chi connectivity index (χ4n) is 3.87. The van der Waals surface area contributed by atoms with Gasteiger partial charge in [0.2, 0.25) is 5.91 Å². The van der Waals surface area contributed by atoms with Crippen molar-refractivity contribution in [3.63, 3.8) is 0 Å². The summed E-state index contributed by atoms with van der Waals surface area (Å²) in [6.45, 7) is 7.05. The van der Waals surface area contributed by atoms with Crippen LogP contribution in [-0.2, 0) is 11.2 Å². The number of Topliss-reactive ketones (excluding diaryl/α,β-unsaturated/α-hetero) is 1. The molecule has 0 radical (unpaired) electrons. The molecule has 0 aliphatic carbocycles. The Labute approximate surface area is 174 Å². The second kappa shape index (κ2) is 10.4. The minimum Gasteiger partial charge on any atom is -0.355 e. The van der Waals surface area contributed by atoms with Gasteiger partial charge >= 0.3 is 0 Å². The van der Waals surface area contributed by atoms with E-state index in [1.54, 1.807) is 0 Å². The topological polar surface area (TPSA) is 49.4 Å². The van der Waals surface area contributed by atoms with E-state index in [0.29, 0.717) is 19.0 Å². The first kappa shape index (κ1) is 21.3. The van der Waals surface area contributed by atoms with Gasteiger partial charge in [-0.15, -0.1) is 0 Å². The summed E-state index contributed by atoms with van der Waals surface area (Å²) in [6, 6.07) is 18.2. The third-order valence-electron chi connectivity index (χ3n) is 5.77. The van der Waals surface area contributed by atoms with Crippen LogP contribution in [0.25, 0.3) is 0 Å². The average Bonchev–Trinajstić information content (AvgIpc) is 2.75. The molecule has 0 saturated carbocycles. The van der Waals surface area contributed by atoms with Crippen molar-refractivity contribution >= 4 is 11.7 Å². The minimum atomic E-state index is 0.0663. The van der Waals surface area contributed by atoms with Crippen molar-refractivity contribution in [2.75, 3.05) is 26.2 Å². The molecule has 2 aromatic rings. The zero-order valence-corrected chi connectivity index (χ0v) is 17.6. The summed E-state index contributed by atoms with van der Waals surface area (Å²) in [7, 11) is 0. The molecule has 154 valence electrons.